The van der Waals surface area contributed by atoms with Gasteiger partial charge >= 0.3 is 5.97 Å². The van der Waals surface area contributed by atoms with Gasteiger partial charge in [-0.25, -0.2) is 9.18 Å². The van der Waals surface area contributed by atoms with E-state index >= 15 is 0 Å². The van der Waals surface area contributed by atoms with E-state index in [9.17, 15) is 14.0 Å². The van der Waals surface area contributed by atoms with Crippen molar-refractivity contribution in [2.75, 3.05) is 11.9 Å². The molecule has 128 valence electrons. The number of anilines is 1. The predicted octanol–water partition coefficient (Wildman–Crippen LogP) is 3.97. The topological polar surface area (TPSA) is 60.3 Å². The van der Waals surface area contributed by atoms with Gasteiger partial charge in [-0.05, 0) is 44.5 Å². The summed E-state index contributed by atoms with van der Waals surface area (Å²) in [5, 5.41) is 2.55. The number of hydrogen-bond acceptors (Lipinski definition) is 3. The van der Waals surface area contributed by atoms with Gasteiger partial charge in [0.25, 0.3) is 5.91 Å². The van der Waals surface area contributed by atoms with Crippen LogP contribution >= 0.6 is 15.9 Å². The zero-order valence-corrected chi connectivity index (χ0v) is 15.5. The molecule has 5 nitrogen and oxygen atoms in total. The lowest BCUT2D eigenvalue weighted by atomic mass is 10.1. The summed E-state index contributed by atoms with van der Waals surface area (Å²) in [6.45, 7) is 5.36. The molecule has 0 fully saturated rings. The maximum atomic E-state index is 13.9. The Kier molecular flexibility index (Phi) is 5.43. The Morgan fingerprint density at radius 3 is 2.58 bits per heavy atom. The van der Waals surface area contributed by atoms with Gasteiger partial charge in [-0.3, -0.25) is 4.79 Å². The zero-order valence-electron chi connectivity index (χ0n) is 13.9. The summed E-state index contributed by atoms with van der Waals surface area (Å²) in [6.07, 6.45) is 0. The van der Waals surface area contributed by atoms with Crippen LogP contribution in [0.15, 0.2) is 22.7 Å². The van der Waals surface area contributed by atoms with E-state index < -0.39 is 17.7 Å². The Balaban J connectivity index is 2.39. The molecule has 24 heavy (non-hydrogen) atoms. The number of nitrogens with zero attached hydrogens (tertiary/aromatic N) is 1. The van der Waals surface area contributed by atoms with Crippen LogP contribution in [0.3, 0.4) is 0 Å². The lowest BCUT2D eigenvalue weighted by molar-refractivity contribution is 0.0514. The van der Waals surface area contributed by atoms with Crippen molar-refractivity contribution < 1.29 is 18.7 Å². The second-order valence-electron chi connectivity index (χ2n) is 5.29. The molecule has 1 amide bonds. The molecule has 7 heteroatoms. The molecule has 1 aromatic heterocycles. The molecule has 0 aliphatic carbocycles. The van der Waals surface area contributed by atoms with Crippen LogP contribution < -0.4 is 5.32 Å². The summed E-state index contributed by atoms with van der Waals surface area (Å²) in [5.74, 6) is -1.51. The summed E-state index contributed by atoms with van der Waals surface area (Å²) in [6, 6.07) is 4.37. The fourth-order valence-electron chi connectivity index (χ4n) is 2.58. The molecule has 0 saturated heterocycles. The summed E-state index contributed by atoms with van der Waals surface area (Å²) in [5.41, 5.74) is 1.83. The Hall–Kier alpha value is -2.15. The highest BCUT2D eigenvalue weighted by Crippen LogP contribution is 2.25. The Morgan fingerprint density at radius 2 is 2.00 bits per heavy atom. The second kappa shape index (κ2) is 7.17. The van der Waals surface area contributed by atoms with E-state index in [0.29, 0.717) is 27.0 Å². The molecule has 0 unspecified atom stereocenters. The van der Waals surface area contributed by atoms with Gasteiger partial charge in [-0.15, -0.1) is 0 Å². The molecular formula is C17H18BrFN2O3. The second-order valence-corrected chi connectivity index (χ2v) is 6.21. The molecule has 2 aromatic rings. The normalized spacial score (nSPS) is 10.6. The summed E-state index contributed by atoms with van der Waals surface area (Å²) in [7, 11) is 1.69. The van der Waals surface area contributed by atoms with Crippen molar-refractivity contribution in [2.45, 2.75) is 20.8 Å². The largest absolute Gasteiger partial charge is 0.461 e. The monoisotopic (exact) mass is 396 g/mol. The van der Waals surface area contributed by atoms with Gasteiger partial charge < -0.3 is 14.6 Å². The fourth-order valence-corrected chi connectivity index (χ4v) is 2.91. The van der Waals surface area contributed by atoms with E-state index in [4.69, 9.17) is 4.74 Å². The SMILES string of the molecule is CCOC(=O)c1c(C)c(C(=O)Nc2ccc(Br)cc2F)c(C)n1C. The van der Waals surface area contributed by atoms with Gasteiger partial charge in [0.15, 0.2) is 0 Å². The highest BCUT2D eigenvalue weighted by Gasteiger charge is 2.26. The molecule has 1 heterocycles. The number of esters is 1. The molecule has 0 bridgehead atoms. The number of nitrogens with one attached hydrogen (secondary N) is 1. The van der Waals surface area contributed by atoms with Crippen molar-refractivity contribution >= 4 is 33.5 Å². The minimum absolute atomic E-state index is 0.0727. The van der Waals surface area contributed by atoms with Crippen LogP contribution in [-0.2, 0) is 11.8 Å². The summed E-state index contributed by atoms with van der Waals surface area (Å²) < 4.78 is 21.1. The number of ether oxygens (including phenoxy) is 1. The third-order valence-corrected chi connectivity index (χ3v) is 4.30. The molecule has 0 spiro atoms. The Bertz CT molecular complexity index is 815. The third kappa shape index (κ3) is 3.36. The van der Waals surface area contributed by atoms with Crippen LogP contribution in [0.4, 0.5) is 10.1 Å². The first-order chi connectivity index (χ1) is 11.3. The number of hydrogen-bond donors (Lipinski definition) is 1. The average Bonchev–Trinajstić information content (AvgIpc) is 2.72. The molecule has 0 saturated carbocycles. The van der Waals surface area contributed by atoms with Crippen LogP contribution in [0.25, 0.3) is 0 Å². The van der Waals surface area contributed by atoms with E-state index in [-0.39, 0.29) is 12.3 Å². The zero-order chi connectivity index (χ0) is 18.0. The number of carbonyl (C=O) groups excluding carboxylic acids is 2. The highest BCUT2D eigenvalue weighted by molar-refractivity contribution is 9.10. The number of carbonyl (C=O) groups is 2. The predicted molar refractivity (Wildman–Crippen MR) is 92.9 cm³/mol. The molecule has 2 rings (SSSR count). The van der Waals surface area contributed by atoms with Crippen LogP contribution in [0.5, 0.6) is 0 Å². The van der Waals surface area contributed by atoms with Crippen LogP contribution in [-0.4, -0.2) is 23.1 Å². The summed E-state index contributed by atoms with van der Waals surface area (Å²) in [4.78, 5) is 24.7. The molecule has 0 aliphatic heterocycles. The van der Waals surface area contributed by atoms with Crippen LogP contribution in [0.1, 0.15) is 39.0 Å². The average molecular weight is 397 g/mol. The van der Waals surface area contributed by atoms with E-state index in [1.165, 1.54) is 12.1 Å². The maximum absolute atomic E-state index is 13.9. The first kappa shape index (κ1) is 18.2. The lowest BCUT2D eigenvalue weighted by Gasteiger charge is -2.08. The maximum Gasteiger partial charge on any atom is 0.355 e. The van der Waals surface area contributed by atoms with Crippen LogP contribution in [0.2, 0.25) is 0 Å². The highest BCUT2D eigenvalue weighted by atomic mass is 79.9. The van der Waals surface area contributed by atoms with Gasteiger partial charge in [0, 0.05) is 17.2 Å². The first-order valence-corrected chi connectivity index (χ1v) is 8.16. The standard InChI is InChI=1S/C17H18BrFN2O3/c1-5-24-17(23)15-9(2)14(10(3)21(15)4)16(22)20-13-7-6-11(18)8-12(13)19/h6-8H,5H2,1-4H3,(H,20,22). The van der Waals surface area contributed by atoms with Crippen molar-refractivity contribution in [3.63, 3.8) is 0 Å². The minimum atomic E-state index is -0.547. The van der Waals surface area contributed by atoms with Crippen molar-refractivity contribution in [1.82, 2.24) is 4.57 Å². The lowest BCUT2D eigenvalue weighted by Crippen LogP contribution is -2.15. The molecule has 0 radical (unpaired) electrons. The number of benzene rings is 1. The van der Waals surface area contributed by atoms with Crippen molar-refractivity contribution in [3.8, 4) is 0 Å². The van der Waals surface area contributed by atoms with Gasteiger partial charge in [0.2, 0.25) is 0 Å². The van der Waals surface area contributed by atoms with Gasteiger partial charge in [-0.1, -0.05) is 15.9 Å². The van der Waals surface area contributed by atoms with Crippen molar-refractivity contribution in [2.24, 2.45) is 7.05 Å². The first-order valence-electron chi connectivity index (χ1n) is 7.37. The molecule has 1 aromatic carbocycles. The van der Waals surface area contributed by atoms with Gasteiger partial charge in [-0.2, -0.15) is 0 Å². The Labute approximate surface area is 147 Å². The molecule has 0 aliphatic rings. The van der Waals surface area contributed by atoms with Gasteiger partial charge in [0.05, 0.1) is 17.9 Å². The third-order valence-electron chi connectivity index (χ3n) is 3.81. The molecular weight excluding hydrogens is 379 g/mol. The number of halogens is 2. The molecule has 1 N–H and O–H groups in total. The quantitative estimate of drug-likeness (QED) is 0.795. The summed E-state index contributed by atoms with van der Waals surface area (Å²) >= 11 is 3.17. The van der Waals surface area contributed by atoms with Gasteiger partial charge in [0.1, 0.15) is 11.5 Å². The van der Waals surface area contributed by atoms with Crippen LogP contribution in [0, 0.1) is 19.7 Å². The van der Waals surface area contributed by atoms with E-state index in [0.717, 1.165) is 0 Å². The fraction of sp³-hybridized carbons (Fsp3) is 0.294. The Morgan fingerprint density at radius 1 is 1.33 bits per heavy atom. The smallest absolute Gasteiger partial charge is 0.355 e. The minimum Gasteiger partial charge on any atom is -0.461 e. The van der Waals surface area contributed by atoms with Crippen molar-refractivity contribution in [1.29, 1.82) is 0 Å². The molecule has 0 atom stereocenters. The van der Waals surface area contributed by atoms with E-state index in [2.05, 4.69) is 21.2 Å². The van der Waals surface area contributed by atoms with Crippen molar-refractivity contribution in [3.05, 3.63) is 51.0 Å². The van der Waals surface area contributed by atoms with E-state index in [1.807, 2.05) is 0 Å². The number of rotatable bonds is 4. The van der Waals surface area contributed by atoms with E-state index in [1.54, 1.807) is 38.5 Å². The number of aromatic nitrogens is 1. The number of amides is 1.